The summed E-state index contributed by atoms with van der Waals surface area (Å²) in [6, 6.07) is 0. The molecule has 2 rings (SSSR count). The zero-order chi connectivity index (χ0) is 8.55. The van der Waals surface area contributed by atoms with Crippen LogP contribution in [0.15, 0.2) is 0 Å². The van der Waals surface area contributed by atoms with Crippen molar-refractivity contribution in [1.82, 2.24) is 4.90 Å². The lowest BCUT2D eigenvalue weighted by atomic mass is 9.85. The van der Waals surface area contributed by atoms with E-state index in [1.165, 1.54) is 19.3 Å². The second-order valence-electron chi connectivity index (χ2n) is 3.85. The van der Waals surface area contributed by atoms with Crippen molar-refractivity contribution < 1.29 is 9.53 Å². The van der Waals surface area contributed by atoms with E-state index >= 15 is 0 Å². The van der Waals surface area contributed by atoms with Crippen molar-refractivity contribution in [1.29, 1.82) is 0 Å². The summed E-state index contributed by atoms with van der Waals surface area (Å²) in [6.45, 7) is 0.892. The summed E-state index contributed by atoms with van der Waals surface area (Å²) in [7, 11) is 1.81. The summed E-state index contributed by atoms with van der Waals surface area (Å²) < 4.78 is 5.29. The highest BCUT2D eigenvalue weighted by Crippen LogP contribution is 2.30. The maximum Gasteiger partial charge on any atom is 0.409 e. The topological polar surface area (TPSA) is 29.5 Å². The van der Waals surface area contributed by atoms with Gasteiger partial charge in [0.1, 0.15) is 6.10 Å². The van der Waals surface area contributed by atoms with E-state index in [2.05, 4.69) is 0 Å². The molecular formula is C9H15NO2. The monoisotopic (exact) mass is 169 g/mol. The molecule has 1 heterocycles. The van der Waals surface area contributed by atoms with Crippen molar-refractivity contribution >= 4 is 6.09 Å². The Morgan fingerprint density at radius 1 is 1.42 bits per heavy atom. The predicted octanol–water partition coefficient (Wildman–Crippen LogP) is 1.63. The highest BCUT2D eigenvalue weighted by Gasteiger charge is 2.35. The molecule has 1 aliphatic heterocycles. The molecule has 68 valence electrons. The van der Waals surface area contributed by atoms with Gasteiger partial charge in [-0.1, -0.05) is 6.42 Å². The summed E-state index contributed by atoms with van der Waals surface area (Å²) in [5, 5.41) is 0. The maximum atomic E-state index is 11.2. The molecule has 0 spiro atoms. The van der Waals surface area contributed by atoms with Gasteiger partial charge in [0.25, 0.3) is 0 Å². The van der Waals surface area contributed by atoms with Gasteiger partial charge in [0.05, 0.1) is 0 Å². The number of carbonyl (C=O) groups excluding carboxylic acids is 1. The minimum atomic E-state index is -0.141. The van der Waals surface area contributed by atoms with Gasteiger partial charge in [0, 0.05) is 19.5 Å². The standard InChI is InChI=1S/C9H15NO2/c1-10-6-7-4-2-3-5-8(7)12-9(10)11/h7-8H,2-6H2,1H3. The number of rotatable bonds is 0. The van der Waals surface area contributed by atoms with Crippen LogP contribution in [0.2, 0.25) is 0 Å². The molecule has 2 atom stereocenters. The molecule has 2 unspecified atom stereocenters. The first-order chi connectivity index (χ1) is 5.77. The number of carbonyl (C=O) groups is 1. The maximum absolute atomic E-state index is 11.2. The largest absolute Gasteiger partial charge is 0.446 e. The Morgan fingerprint density at radius 3 is 3.00 bits per heavy atom. The van der Waals surface area contributed by atoms with Gasteiger partial charge in [0.2, 0.25) is 0 Å². The summed E-state index contributed by atoms with van der Waals surface area (Å²) >= 11 is 0. The van der Waals surface area contributed by atoms with Crippen molar-refractivity contribution in [2.24, 2.45) is 5.92 Å². The first-order valence-corrected chi connectivity index (χ1v) is 4.69. The fraction of sp³-hybridized carbons (Fsp3) is 0.889. The van der Waals surface area contributed by atoms with Crippen LogP contribution in [0.5, 0.6) is 0 Å². The Bertz CT molecular complexity index is 193. The molecule has 1 aliphatic carbocycles. The zero-order valence-corrected chi connectivity index (χ0v) is 7.45. The smallest absolute Gasteiger partial charge is 0.409 e. The van der Waals surface area contributed by atoms with E-state index < -0.39 is 0 Å². The molecule has 1 amide bonds. The highest BCUT2D eigenvalue weighted by atomic mass is 16.6. The molecule has 1 saturated heterocycles. The summed E-state index contributed by atoms with van der Waals surface area (Å²) in [4.78, 5) is 12.8. The van der Waals surface area contributed by atoms with Crippen molar-refractivity contribution in [2.75, 3.05) is 13.6 Å². The molecule has 0 N–H and O–H groups in total. The van der Waals surface area contributed by atoms with Crippen LogP contribution in [0.4, 0.5) is 4.79 Å². The minimum absolute atomic E-state index is 0.141. The third kappa shape index (κ3) is 1.28. The van der Waals surface area contributed by atoms with Crippen LogP contribution in [0, 0.1) is 5.92 Å². The van der Waals surface area contributed by atoms with Crippen LogP contribution in [-0.4, -0.2) is 30.7 Å². The van der Waals surface area contributed by atoms with E-state index in [1.807, 2.05) is 7.05 Å². The van der Waals surface area contributed by atoms with Crippen LogP contribution >= 0.6 is 0 Å². The fourth-order valence-corrected chi connectivity index (χ4v) is 2.18. The Morgan fingerprint density at radius 2 is 2.17 bits per heavy atom. The molecule has 3 nitrogen and oxygen atoms in total. The summed E-state index contributed by atoms with van der Waals surface area (Å²) in [5.41, 5.74) is 0. The van der Waals surface area contributed by atoms with Crippen LogP contribution in [-0.2, 0) is 4.74 Å². The molecule has 2 fully saturated rings. The van der Waals surface area contributed by atoms with E-state index in [0.29, 0.717) is 5.92 Å². The minimum Gasteiger partial charge on any atom is -0.446 e. The van der Waals surface area contributed by atoms with Crippen molar-refractivity contribution in [2.45, 2.75) is 31.8 Å². The van der Waals surface area contributed by atoms with E-state index in [-0.39, 0.29) is 12.2 Å². The lowest BCUT2D eigenvalue weighted by Gasteiger charge is -2.38. The predicted molar refractivity (Wildman–Crippen MR) is 44.9 cm³/mol. The summed E-state index contributed by atoms with van der Waals surface area (Å²) in [6.07, 6.45) is 4.90. The van der Waals surface area contributed by atoms with E-state index in [4.69, 9.17) is 4.74 Å². The summed E-state index contributed by atoms with van der Waals surface area (Å²) in [5.74, 6) is 0.599. The zero-order valence-electron chi connectivity index (χ0n) is 7.45. The molecule has 12 heavy (non-hydrogen) atoms. The van der Waals surface area contributed by atoms with Gasteiger partial charge in [-0.2, -0.15) is 0 Å². The van der Waals surface area contributed by atoms with Gasteiger partial charge in [-0.05, 0) is 19.3 Å². The Balaban J connectivity index is 2.02. The van der Waals surface area contributed by atoms with Crippen LogP contribution in [0.25, 0.3) is 0 Å². The third-order valence-electron chi connectivity index (χ3n) is 2.91. The number of nitrogens with zero attached hydrogens (tertiary/aromatic N) is 1. The Kier molecular flexibility index (Phi) is 1.95. The van der Waals surface area contributed by atoms with Crippen molar-refractivity contribution in [3.63, 3.8) is 0 Å². The normalized spacial score (nSPS) is 35.8. The molecule has 3 heteroatoms. The Labute approximate surface area is 72.7 Å². The molecule has 0 bridgehead atoms. The second kappa shape index (κ2) is 2.96. The van der Waals surface area contributed by atoms with Crippen LogP contribution < -0.4 is 0 Å². The van der Waals surface area contributed by atoms with E-state index in [0.717, 1.165) is 13.0 Å². The van der Waals surface area contributed by atoms with Crippen LogP contribution in [0.3, 0.4) is 0 Å². The highest BCUT2D eigenvalue weighted by molar-refractivity contribution is 5.68. The number of fused-ring (bicyclic) bond motifs is 1. The van der Waals surface area contributed by atoms with Gasteiger partial charge in [-0.15, -0.1) is 0 Å². The van der Waals surface area contributed by atoms with Crippen molar-refractivity contribution in [3.05, 3.63) is 0 Å². The molecule has 0 radical (unpaired) electrons. The SMILES string of the molecule is CN1CC2CCCCC2OC1=O. The van der Waals surface area contributed by atoms with Gasteiger partial charge in [-0.25, -0.2) is 4.79 Å². The van der Waals surface area contributed by atoms with E-state index in [9.17, 15) is 4.79 Å². The van der Waals surface area contributed by atoms with Gasteiger partial charge < -0.3 is 9.64 Å². The number of hydrogen-bond acceptors (Lipinski definition) is 2. The van der Waals surface area contributed by atoms with Crippen LogP contribution in [0.1, 0.15) is 25.7 Å². The Hall–Kier alpha value is -0.730. The van der Waals surface area contributed by atoms with Gasteiger partial charge in [0.15, 0.2) is 0 Å². The molecule has 0 aromatic rings. The number of hydrogen-bond donors (Lipinski definition) is 0. The average molecular weight is 169 g/mol. The molecule has 1 saturated carbocycles. The van der Waals surface area contributed by atoms with E-state index in [1.54, 1.807) is 4.90 Å². The first-order valence-electron chi connectivity index (χ1n) is 4.69. The van der Waals surface area contributed by atoms with Gasteiger partial charge >= 0.3 is 6.09 Å². The molecule has 2 aliphatic rings. The lowest BCUT2D eigenvalue weighted by molar-refractivity contribution is -0.0232. The third-order valence-corrected chi connectivity index (χ3v) is 2.91. The number of amides is 1. The average Bonchev–Trinajstić information content (AvgIpc) is 2.07. The fourth-order valence-electron chi connectivity index (χ4n) is 2.18. The van der Waals surface area contributed by atoms with Crippen molar-refractivity contribution in [3.8, 4) is 0 Å². The first kappa shape index (κ1) is 7.90. The lowest BCUT2D eigenvalue weighted by Crippen LogP contribution is -2.47. The number of ether oxygens (including phenoxy) is 1. The molecule has 0 aromatic heterocycles. The molecule has 0 aromatic carbocycles. The quantitative estimate of drug-likeness (QED) is 0.551. The molecular weight excluding hydrogens is 154 g/mol. The van der Waals surface area contributed by atoms with Gasteiger partial charge in [-0.3, -0.25) is 0 Å². The second-order valence-corrected chi connectivity index (χ2v) is 3.85.